The predicted octanol–water partition coefficient (Wildman–Crippen LogP) is 2.04. The van der Waals surface area contributed by atoms with E-state index in [-0.39, 0.29) is 0 Å². The smallest absolute Gasteiger partial charge is 0.0220 e. The lowest BCUT2D eigenvalue weighted by Gasteiger charge is -2.31. The highest BCUT2D eigenvalue weighted by Gasteiger charge is 2.23. The van der Waals surface area contributed by atoms with E-state index >= 15 is 0 Å². The molecule has 2 fully saturated rings. The molecule has 3 unspecified atom stereocenters. The fourth-order valence-electron chi connectivity index (χ4n) is 3.69. The van der Waals surface area contributed by atoms with Gasteiger partial charge < -0.3 is 15.1 Å². The second-order valence-electron chi connectivity index (χ2n) is 6.91. The average molecular weight is 267 g/mol. The van der Waals surface area contributed by atoms with Crippen molar-refractivity contribution in [2.24, 2.45) is 11.8 Å². The average Bonchev–Trinajstić information content (AvgIpc) is 2.82. The zero-order chi connectivity index (χ0) is 13.7. The molecule has 0 saturated carbocycles. The molecule has 0 bridgehead atoms. The van der Waals surface area contributed by atoms with Crippen LogP contribution < -0.4 is 5.32 Å². The number of likely N-dealkylation sites (tertiary alicyclic amines) is 1. The quantitative estimate of drug-likeness (QED) is 0.794. The van der Waals surface area contributed by atoms with Crippen molar-refractivity contribution in [1.82, 2.24) is 15.1 Å². The Morgan fingerprint density at radius 3 is 2.79 bits per heavy atom. The molecule has 2 rings (SSSR count). The minimum absolute atomic E-state index is 0.802. The molecule has 2 saturated heterocycles. The highest BCUT2D eigenvalue weighted by atomic mass is 15.2. The van der Waals surface area contributed by atoms with Crippen molar-refractivity contribution in [2.75, 3.05) is 46.8 Å². The molecule has 3 heteroatoms. The number of nitrogens with zero attached hydrogens (tertiary/aromatic N) is 2. The van der Waals surface area contributed by atoms with E-state index in [1.165, 1.54) is 64.8 Å². The summed E-state index contributed by atoms with van der Waals surface area (Å²) < 4.78 is 0. The predicted molar refractivity (Wildman–Crippen MR) is 82.5 cm³/mol. The third-order valence-corrected chi connectivity index (χ3v) is 5.30. The summed E-state index contributed by atoms with van der Waals surface area (Å²) in [6.07, 6.45) is 6.95. The highest BCUT2D eigenvalue weighted by Crippen LogP contribution is 2.23. The number of rotatable bonds is 6. The Labute approximate surface area is 119 Å². The van der Waals surface area contributed by atoms with Gasteiger partial charge in [0.15, 0.2) is 0 Å². The minimum Gasteiger partial charge on any atom is -0.316 e. The van der Waals surface area contributed by atoms with E-state index in [9.17, 15) is 0 Å². The molecule has 112 valence electrons. The topological polar surface area (TPSA) is 18.5 Å². The van der Waals surface area contributed by atoms with Crippen LogP contribution in [0.4, 0.5) is 0 Å². The maximum absolute atomic E-state index is 3.55. The van der Waals surface area contributed by atoms with E-state index in [1.807, 2.05) is 0 Å². The van der Waals surface area contributed by atoms with Crippen molar-refractivity contribution in [3.63, 3.8) is 0 Å². The first-order chi connectivity index (χ1) is 9.16. The standard InChI is InChI=1S/C16H33N3/c1-14(15-6-4-9-17-12-15)8-11-18(2)13-16-7-5-10-19(16)3/h14-17H,4-13H2,1-3H3. The molecule has 3 atom stereocenters. The third kappa shape index (κ3) is 4.73. The van der Waals surface area contributed by atoms with Gasteiger partial charge in [0.25, 0.3) is 0 Å². The summed E-state index contributed by atoms with van der Waals surface area (Å²) in [5.74, 6) is 1.79. The van der Waals surface area contributed by atoms with Gasteiger partial charge in [-0.05, 0) is 84.2 Å². The number of piperidine rings is 1. The zero-order valence-electron chi connectivity index (χ0n) is 13.2. The van der Waals surface area contributed by atoms with Gasteiger partial charge in [-0.1, -0.05) is 6.92 Å². The molecule has 0 radical (unpaired) electrons. The normalized spacial score (nSPS) is 30.9. The number of likely N-dealkylation sites (N-methyl/N-ethyl adjacent to an activating group) is 2. The lowest BCUT2D eigenvalue weighted by molar-refractivity contribution is 0.194. The van der Waals surface area contributed by atoms with Crippen molar-refractivity contribution in [3.05, 3.63) is 0 Å². The minimum atomic E-state index is 0.802. The molecule has 1 N–H and O–H groups in total. The number of nitrogens with one attached hydrogen (secondary N) is 1. The summed E-state index contributed by atoms with van der Waals surface area (Å²) in [6, 6.07) is 0.802. The van der Waals surface area contributed by atoms with Crippen LogP contribution in [0.5, 0.6) is 0 Å². The van der Waals surface area contributed by atoms with E-state index in [4.69, 9.17) is 0 Å². The van der Waals surface area contributed by atoms with E-state index in [0.29, 0.717) is 0 Å². The van der Waals surface area contributed by atoms with Gasteiger partial charge in [0.05, 0.1) is 0 Å². The summed E-state index contributed by atoms with van der Waals surface area (Å²) in [4.78, 5) is 5.09. The van der Waals surface area contributed by atoms with Crippen LogP contribution in [-0.2, 0) is 0 Å². The molecule has 3 nitrogen and oxygen atoms in total. The van der Waals surface area contributed by atoms with Crippen LogP contribution in [0.25, 0.3) is 0 Å². The van der Waals surface area contributed by atoms with Gasteiger partial charge in [0.2, 0.25) is 0 Å². The van der Waals surface area contributed by atoms with E-state index in [0.717, 1.165) is 17.9 Å². The Bertz CT molecular complexity index is 250. The molecular formula is C16H33N3. The Morgan fingerprint density at radius 1 is 1.32 bits per heavy atom. The van der Waals surface area contributed by atoms with E-state index in [1.54, 1.807) is 0 Å². The molecule has 0 aliphatic carbocycles. The van der Waals surface area contributed by atoms with E-state index in [2.05, 4.69) is 36.1 Å². The van der Waals surface area contributed by atoms with Crippen molar-refractivity contribution < 1.29 is 0 Å². The van der Waals surface area contributed by atoms with E-state index < -0.39 is 0 Å². The van der Waals surface area contributed by atoms with Gasteiger partial charge in [-0.15, -0.1) is 0 Å². The van der Waals surface area contributed by atoms with Crippen LogP contribution in [0.2, 0.25) is 0 Å². The molecule has 0 aromatic carbocycles. The van der Waals surface area contributed by atoms with Crippen LogP contribution in [0.3, 0.4) is 0 Å². The van der Waals surface area contributed by atoms with Crippen molar-refractivity contribution in [3.8, 4) is 0 Å². The Balaban J connectivity index is 1.63. The number of hydrogen-bond donors (Lipinski definition) is 1. The molecule has 0 spiro atoms. The molecule has 2 aliphatic heterocycles. The first-order valence-corrected chi connectivity index (χ1v) is 8.26. The third-order valence-electron chi connectivity index (χ3n) is 5.30. The van der Waals surface area contributed by atoms with Gasteiger partial charge in [0, 0.05) is 12.6 Å². The Morgan fingerprint density at radius 2 is 2.16 bits per heavy atom. The van der Waals surface area contributed by atoms with Crippen LogP contribution in [0.1, 0.15) is 39.0 Å². The van der Waals surface area contributed by atoms with Crippen LogP contribution >= 0.6 is 0 Å². The number of hydrogen-bond acceptors (Lipinski definition) is 3. The van der Waals surface area contributed by atoms with Gasteiger partial charge in [-0.3, -0.25) is 0 Å². The first kappa shape index (κ1) is 15.3. The lowest BCUT2D eigenvalue weighted by Crippen LogP contribution is -2.38. The van der Waals surface area contributed by atoms with Crippen LogP contribution in [0, 0.1) is 11.8 Å². The monoisotopic (exact) mass is 267 g/mol. The van der Waals surface area contributed by atoms with Crippen molar-refractivity contribution >= 4 is 0 Å². The summed E-state index contributed by atoms with van der Waals surface area (Å²) in [5.41, 5.74) is 0. The lowest BCUT2D eigenvalue weighted by atomic mass is 9.85. The highest BCUT2D eigenvalue weighted by molar-refractivity contribution is 4.79. The largest absolute Gasteiger partial charge is 0.316 e. The maximum Gasteiger partial charge on any atom is 0.0220 e. The molecule has 0 aromatic rings. The summed E-state index contributed by atoms with van der Waals surface area (Å²) in [7, 11) is 4.58. The zero-order valence-corrected chi connectivity index (χ0v) is 13.2. The molecule has 2 aliphatic rings. The Hall–Kier alpha value is -0.120. The summed E-state index contributed by atoms with van der Waals surface area (Å²) in [5, 5.41) is 3.55. The second kappa shape index (κ2) is 7.61. The first-order valence-electron chi connectivity index (χ1n) is 8.26. The molecule has 19 heavy (non-hydrogen) atoms. The summed E-state index contributed by atoms with van der Waals surface area (Å²) >= 11 is 0. The van der Waals surface area contributed by atoms with Gasteiger partial charge in [0.1, 0.15) is 0 Å². The molecule has 0 aromatic heterocycles. The molecule has 0 amide bonds. The molecular weight excluding hydrogens is 234 g/mol. The Kier molecular flexibility index (Phi) is 6.11. The SMILES string of the molecule is CC(CCN(C)CC1CCCN1C)C1CCCNC1. The van der Waals surface area contributed by atoms with Crippen LogP contribution in [0.15, 0.2) is 0 Å². The van der Waals surface area contributed by atoms with Crippen LogP contribution in [-0.4, -0.2) is 62.7 Å². The second-order valence-corrected chi connectivity index (χ2v) is 6.91. The fourth-order valence-corrected chi connectivity index (χ4v) is 3.69. The maximum atomic E-state index is 3.55. The summed E-state index contributed by atoms with van der Waals surface area (Å²) in [6.45, 7) is 8.75. The van der Waals surface area contributed by atoms with Gasteiger partial charge >= 0.3 is 0 Å². The fraction of sp³-hybridized carbons (Fsp3) is 1.00. The molecule has 2 heterocycles. The van der Waals surface area contributed by atoms with Gasteiger partial charge in [-0.2, -0.15) is 0 Å². The van der Waals surface area contributed by atoms with Crippen molar-refractivity contribution in [2.45, 2.75) is 45.1 Å². The van der Waals surface area contributed by atoms with Gasteiger partial charge in [-0.25, -0.2) is 0 Å². The van der Waals surface area contributed by atoms with Crippen molar-refractivity contribution in [1.29, 1.82) is 0 Å².